The van der Waals surface area contributed by atoms with Gasteiger partial charge in [0.2, 0.25) is 0 Å². The molecule has 0 amide bonds. The quantitative estimate of drug-likeness (QED) is 0.886. The third-order valence-electron chi connectivity index (χ3n) is 3.68. The Bertz CT molecular complexity index is 363. The molecule has 3 heteroatoms. The van der Waals surface area contributed by atoms with Gasteiger partial charge in [0.05, 0.1) is 6.61 Å². The number of ether oxygens (including phenoxy) is 1. The van der Waals surface area contributed by atoms with Gasteiger partial charge in [-0.3, -0.25) is 0 Å². The summed E-state index contributed by atoms with van der Waals surface area (Å²) in [5.74, 6) is 0.969. The number of hydrogen-bond acceptors (Lipinski definition) is 3. The lowest BCUT2D eigenvalue weighted by Crippen LogP contribution is -2.55. The van der Waals surface area contributed by atoms with Crippen molar-refractivity contribution in [1.29, 1.82) is 0 Å². The van der Waals surface area contributed by atoms with Gasteiger partial charge in [0.15, 0.2) is 0 Å². The molecule has 100 valence electrons. The molecule has 0 radical (unpaired) electrons. The van der Waals surface area contributed by atoms with E-state index < -0.39 is 0 Å². The molecule has 1 N–H and O–H groups in total. The summed E-state index contributed by atoms with van der Waals surface area (Å²) in [6.45, 7) is 9.56. The maximum atomic E-state index is 5.61. The maximum absolute atomic E-state index is 5.61. The van der Waals surface area contributed by atoms with Gasteiger partial charge in [-0.2, -0.15) is 0 Å². The normalized spacial score (nSPS) is 24.1. The minimum atomic E-state index is 0.529. The molecule has 0 saturated carbocycles. The summed E-state index contributed by atoms with van der Waals surface area (Å²) < 4.78 is 5.61. The van der Waals surface area contributed by atoms with E-state index in [1.54, 1.807) is 0 Å². The molecular weight excluding hydrogens is 224 g/mol. The van der Waals surface area contributed by atoms with Crippen LogP contribution >= 0.6 is 0 Å². The predicted molar refractivity (Wildman–Crippen MR) is 76.5 cm³/mol. The van der Waals surface area contributed by atoms with Crippen LogP contribution in [0.2, 0.25) is 0 Å². The van der Waals surface area contributed by atoms with Gasteiger partial charge in [-0.15, -0.1) is 0 Å². The number of piperazine rings is 1. The van der Waals surface area contributed by atoms with Gasteiger partial charge in [-0.1, -0.05) is 6.92 Å². The molecule has 1 aliphatic heterocycles. The van der Waals surface area contributed by atoms with Crippen LogP contribution in [0.1, 0.15) is 27.2 Å². The fourth-order valence-corrected chi connectivity index (χ4v) is 2.37. The number of hydrogen-bond donors (Lipinski definition) is 1. The molecule has 0 aliphatic carbocycles. The van der Waals surface area contributed by atoms with E-state index in [0.717, 1.165) is 31.9 Å². The van der Waals surface area contributed by atoms with Gasteiger partial charge < -0.3 is 15.0 Å². The second-order valence-electron chi connectivity index (χ2n) is 5.02. The van der Waals surface area contributed by atoms with Crippen LogP contribution in [0, 0.1) is 0 Å². The second-order valence-corrected chi connectivity index (χ2v) is 5.02. The van der Waals surface area contributed by atoms with Crippen LogP contribution in [-0.4, -0.2) is 31.8 Å². The third-order valence-corrected chi connectivity index (χ3v) is 3.68. The zero-order chi connectivity index (χ0) is 13.0. The fourth-order valence-electron chi connectivity index (χ4n) is 2.37. The van der Waals surface area contributed by atoms with E-state index in [9.17, 15) is 0 Å². The molecule has 2 atom stereocenters. The zero-order valence-corrected chi connectivity index (χ0v) is 11.6. The van der Waals surface area contributed by atoms with Crippen molar-refractivity contribution in [2.75, 3.05) is 24.6 Å². The smallest absolute Gasteiger partial charge is 0.119 e. The highest BCUT2D eigenvalue weighted by Crippen LogP contribution is 2.23. The lowest BCUT2D eigenvalue weighted by Gasteiger charge is -2.40. The molecule has 2 rings (SSSR count). The average molecular weight is 248 g/mol. The average Bonchev–Trinajstić information content (AvgIpc) is 2.40. The Morgan fingerprint density at radius 2 is 2.00 bits per heavy atom. The van der Waals surface area contributed by atoms with Crippen LogP contribution < -0.4 is 15.0 Å². The third kappa shape index (κ3) is 2.96. The lowest BCUT2D eigenvalue weighted by atomic mass is 10.1. The topological polar surface area (TPSA) is 24.5 Å². The fraction of sp³-hybridized carbons (Fsp3) is 0.600. The molecule has 0 aromatic heterocycles. The molecule has 1 aromatic carbocycles. The van der Waals surface area contributed by atoms with Gasteiger partial charge in [-0.05, 0) is 44.5 Å². The molecule has 1 unspecified atom stereocenters. The molecule has 0 bridgehead atoms. The van der Waals surface area contributed by atoms with Crippen molar-refractivity contribution in [1.82, 2.24) is 5.32 Å². The first-order valence-corrected chi connectivity index (χ1v) is 6.95. The molecule has 1 heterocycles. The number of rotatable bonds is 4. The van der Waals surface area contributed by atoms with E-state index in [1.807, 2.05) is 0 Å². The summed E-state index contributed by atoms with van der Waals surface area (Å²) in [5, 5.41) is 3.50. The van der Waals surface area contributed by atoms with E-state index in [0.29, 0.717) is 12.1 Å². The Balaban J connectivity index is 2.04. The van der Waals surface area contributed by atoms with Crippen molar-refractivity contribution in [2.24, 2.45) is 0 Å². The van der Waals surface area contributed by atoms with Gasteiger partial charge in [-0.25, -0.2) is 0 Å². The van der Waals surface area contributed by atoms with Crippen LogP contribution in [0.25, 0.3) is 0 Å². The van der Waals surface area contributed by atoms with E-state index in [4.69, 9.17) is 4.74 Å². The minimum absolute atomic E-state index is 0.529. The SMILES string of the molecule is CCCOc1ccc(N2CCN[C@H](C)C2C)cc1. The van der Waals surface area contributed by atoms with Gasteiger partial charge >= 0.3 is 0 Å². The Kier molecular flexibility index (Phi) is 4.48. The molecule has 18 heavy (non-hydrogen) atoms. The number of nitrogens with one attached hydrogen (secondary N) is 1. The Morgan fingerprint density at radius 3 is 2.67 bits per heavy atom. The number of nitrogens with zero attached hydrogens (tertiary/aromatic N) is 1. The summed E-state index contributed by atoms with van der Waals surface area (Å²) in [7, 11) is 0. The summed E-state index contributed by atoms with van der Waals surface area (Å²) in [6, 6.07) is 9.55. The second kappa shape index (κ2) is 6.10. The monoisotopic (exact) mass is 248 g/mol. The first kappa shape index (κ1) is 13.2. The van der Waals surface area contributed by atoms with Crippen LogP contribution in [0.3, 0.4) is 0 Å². The van der Waals surface area contributed by atoms with Gasteiger partial charge in [0, 0.05) is 30.9 Å². The van der Waals surface area contributed by atoms with Crippen molar-refractivity contribution >= 4 is 5.69 Å². The van der Waals surface area contributed by atoms with Crippen molar-refractivity contribution in [3.63, 3.8) is 0 Å². The van der Waals surface area contributed by atoms with E-state index >= 15 is 0 Å². The van der Waals surface area contributed by atoms with E-state index in [2.05, 4.69) is 55.3 Å². The molecule has 1 saturated heterocycles. The van der Waals surface area contributed by atoms with Crippen molar-refractivity contribution in [3.05, 3.63) is 24.3 Å². The highest BCUT2D eigenvalue weighted by Gasteiger charge is 2.24. The number of anilines is 1. The highest BCUT2D eigenvalue weighted by molar-refractivity contribution is 5.50. The van der Waals surface area contributed by atoms with Crippen LogP contribution in [0.5, 0.6) is 5.75 Å². The summed E-state index contributed by atoms with van der Waals surface area (Å²) in [6.07, 6.45) is 1.05. The standard InChI is InChI=1S/C15H24N2O/c1-4-11-18-15-7-5-14(6-8-15)17-10-9-16-12(2)13(17)3/h5-8,12-13,16H,4,9-11H2,1-3H3/t12-,13?/m1/s1. The molecule has 1 aliphatic rings. The molecule has 1 fully saturated rings. The van der Waals surface area contributed by atoms with Crippen LogP contribution in [-0.2, 0) is 0 Å². The van der Waals surface area contributed by atoms with E-state index in [1.165, 1.54) is 5.69 Å². The Morgan fingerprint density at radius 1 is 1.28 bits per heavy atom. The molecule has 1 aromatic rings. The predicted octanol–water partition coefficient (Wildman–Crippen LogP) is 2.66. The van der Waals surface area contributed by atoms with Crippen molar-refractivity contribution in [2.45, 2.75) is 39.3 Å². The Labute approximate surface area is 110 Å². The molecule has 0 spiro atoms. The van der Waals surface area contributed by atoms with Gasteiger partial charge in [0.25, 0.3) is 0 Å². The van der Waals surface area contributed by atoms with Gasteiger partial charge in [0.1, 0.15) is 5.75 Å². The number of benzene rings is 1. The summed E-state index contributed by atoms with van der Waals surface area (Å²) >= 11 is 0. The molecule has 3 nitrogen and oxygen atoms in total. The van der Waals surface area contributed by atoms with Crippen molar-refractivity contribution < 1.29 is 4.74 Å². The largest absolute Gasteiger partial charge is 0.494 e. The first-order chi connectivity index (χ1) is 8.72. The first-order valence-electron chi connectivity index (χ1n) is 6.95. The Hall–Kier alpha value is -1.22. The summed E-state index contributed by atoms with van der Waals surface area (Å²) in [5.41, 5.74) is 1.29. The maximum Gasteiger partial charge on any atom is 0.119 e. The van der Waals surface area contributed by atoms with Crippen LogP contribution in [0.15, 0.2) is 24.3 Å². The summed E-state index contributed by atoms with van der Waals surface area (Å²) in [4.78, 5) is 2.46. The minimum Gasteiger partial charge on any atom is -0.494 e. The van der Waals surface area contributed by atoms with Crippen molar-refractivity contribution in [3.8, 4) is 5.75 Å². The molecular formula is C15H24N2O. The van der Waals surface area contributed by atoms with Crippen LogP contribution in [0.4, 0.5) is 5.69 Å². The highest BCUT2D eigenvalue weighted by atomic mass is 16.5. The zero-order valence-electron chi connectivity index (χ0n) is 11.6. The van der Waals surface area contributed by atoms with E-state index in [-0.39, 0.29) is 0 Å². The lowest BCUT2D eigenvalue weighted by molar-refractivity contribution is 0.317.